The minimum atomic E-state index is -3.26. The first kappa shape index (κ1) is 15.2. The highest BCUT2D eigenvalue weighted by Gasteiger charge is 2.32. The quantitative estimate of drug-likeness (QED) is 0.785. The van der Waals surface area contributed by atoms with Crippen LogP contribution in [0.2, 0.25) is 0 Å². The van der Waals surface area contributed by atoms with Gasteiger partial charge in [0, 0.05) is 46.4 Å². The van der Waals surface area contributed by atoms with Crippen molar-refractivity contribution in [3.05, 3.63) is 0 Å². The van der Waals surface area contributed by atoms with Crippen molar-refractivity contribution in [2.75, 3.05) is 53.0 Å². The molecule has 0 radical (unpaired) electrons. The third-order valence-corrected chi connectivity index (χ3v) is 5.96. The standard InChI is InChI=1S/C12H25N3O3S/c1-18-11-12-3-8-15(9-4-12)19(16,17)14-7-2-5-13-6-10-14/h12-13H,2-11H2,1H3. The maximum atomic E-state index is 12.6. The van der Waals surface area contributed by atoms with Crippen molar-refractivity contribution in [1.29, 1.82) is 0 Å². The van der Waals surface area contributed by atoms with Gasteiger partial charge in [-0.3, -0.25) is 0 Å². The monoisotopic (exact) mass is 291 g/mol. The molecule has 0 aromatic rings. The molecule has 2 fully saturated rings. The second-order valence-electron chi connectivity index (χ2n) is 5.31. The van der Waals surface area contributed by atoms with Gasteiger partial charge >= 0.3 is 0 Å². The summed E-state index contributed by atoms with van der Waals surface area (Å²) in [5.41, 5.74) is 0. The van der Waals surface area contributed by atoms with Crippen LogP contribution in [0.3, 0.4) is 0 Å². The molecule has 0 saturated carbocycles. The molecule has 2 aliphatic heterocycles. The third kappa shape index (κ3) is 3.88. The minimum absolute atomic E-state index is 0.502. The molecule has 0 aliphatic carbocycles. The number of hydrogen-bond donors (Lipinski definition) is 1. The molecule has 7 heteroatoms. The molecule has 0 aromatic heterocycles. The van der Waals surface area contributed by atoms with E-state index in [1.807, 2.05) is 0 Å². The van der Waals surface area contributed by atoms with Crippen LogP contribution in [-0.4, -0.2) is 70.0 Å². The highest BCUT2D eigenvalue weighted by atomic mass is 32.2. The fourth-order valence-electron chi connectivity index (χ4n) is 2.76. The number of piperidine rings is 1. The predicted molar refractivity (Wildman–Crippen MR) is 74.2 cm³/mol. The van der Waals surface area contributed by atoms with Crippen LogP contribution in [0.5, 0.6) is 0 Å². The molecular formula is C12H25N3O3S. The Morgan fingerprint density at radius 2 is 1.79 bits per heavy atom. The van der Waals surface area contributed by atoms with Crippen molar-refractivity contribution in [3.63, 3.8) is 0 Å². The molecule has 0 bridgehead atoms. The smallest absolute Gasteiger partial charge is 0.282 e. The van der Waals surface area contributed by atoms with E-state index in [4.69, 9.17) is 4.74 Å². The number of hydrogen-bond acceptors (Lipinski definition) is 4. The van der Waals surface area contributed by atoms with Crippen LogP contribution in [-0.2, 0) is 14.9 Å². The summed E-state index contributed by atoms with van der Waals surface area (Å²) in [6.45, 7) is 4.86. The van der Waals surface area contributed by atoms with E-state index in [0.717, 1.165) is 39.0 Å². The van der Waals surface area contributed by atoms with Crippen LogP contribution in [0.1, 0.15) is 19.3 Å². The van der Waals surface area contributed by atoms with E-state index in [-0.39, 0.29) is 0 Å². The molecule has 2 rings (SSSR count). The van der Waals surface area contributed by atoms with E-state index < -0.39 is 10.2 Å². The Labute approximate surface area is 116 Å². The Bertz CT molecular complexity index is 358. The Kier molecular flexibility index (Phi) is 5.58. The zero-order chi connectivity index (χ0) is 13.7. The summed E-state index contributed by atoms with van der Waals surface area (Å²) < 4.78 is 33.5. The average molecular weight is 291 g/mol. The Morgan fingerprint density at radius 1 is 1.11 bits per heavy atom. The van der Waals surface area contributed by atoms with Gasteiger partial charge in [-0.05, 0) is 31.7 Å². The summed E-state index contributed by atoms with van der Waals surface area (Å²) >= 11 is 0. The van der Waals surface area contributed by atoms with Crippen molar-refractivity contribution >= 4 is 10.2 Å². The fraction of sp³-hybridized carbons (Fsp3) is 1.00. The molecule has 1 N–H and O–H groups in total. The predicted octanol–water partition coefficient (Wildman–Crippen LogP) is -0.115. The van der Waals surface area contributed by atoms with Gasteiger partial charge in [0.05, 0.1) is 0 Å². The zero-order valence-corrected chi connectivity index (χ0v) is 12.5. The summed E-state index contributed by atoms with van der Waals surface area (Å²) in [5.74, 6) is 0.502. The van der Waals surface area contributed by atoms with Crippen LogP contribution in [0.15, 0.2) is 0 Å². The van der Waals surface area contributed by atoms with Gasteiger partial charge in [0.1, 0.15) is 0 Å². The van der Waals surface area contributed by atoms with E-state index in [1.165, 1.54) is 0 Å². The summed E-state index contributed by atoms with van der Waals surface area (Å²) in [6, 6.07) is 0. The van der Waals surface area contributed by atoms with Gasteiger partial charge in [0.2, 0.25) is 0 Å². The van der Waals surface area contributed by atoms with Crippen molar-refractivity contribution < 1.29 is 13.2 Å². The molecule has 2 aliphatic rings. The molecule has 0 spiro atoms. The van der Waals surface area contributed by atoms with E-state index in [1.54, 1.807) is 15.7 Å². The molecule has 0 unspecified atom stereocenters. The van der Waals surface area contributed by atoms with Gasteiger partial charge < -0.3 is 10.1 Å². The van der Waals surface area contributed by atoms with E-state index in [2.05, 4.69) is 5.32 Å². The lowest BCUT2D eigenvalue weighted by Crippen LogP contribution is -2.48. The SMILES string of the molecule is COCC1CCN(S(=O)(=O)N2CCCNCC2)CC1. The number of ether oxygens (including phenoxy) is 1. The zero-order valence-electron chi connectivity index (χ0n) is 11.7. The summed E-state index contributed by atoms with van der Waals surface area (Å²) in [7, 11) is -1.56. The second-order valence-corrected chi connectivity index (χ2v) is 7.24. The molecule has 6 nitrogen and oxygen atoms in total. The first-order chi connectivity index (χ1) is 9.14. The largest absolute Gasteiger partial charge is 0.384 e. The summed E-state index contributed by atoms with van der Waals surface area (Å²) in [5, 5.41) is 3.23. The highest BCUT2D eigenvalue weighted by Crippen LogP contribution is 2.21. The fourth-order valence-corrected chi connectivity index (χ4v) is 4.44. The first-order valence-corrected chi connectivity index (χ1v) is 8.49. The molecule has 0 aromatic carbocycles. The Morgan fingerprint density at radius 3 is 2.47 bits per heavy atom. The number of methoxy groups -OCH3 is 1. The van der Waals surface area contributed by atoms with Crippen LogP contribution < -0.4 is 5.32 Å². The Balaban J connectivity index is 1.92. The van der Waals surface area contributed by atoms with Crippen molar-refractivity contribution in [3.8, 4) is 0 Å². The van der Waals surface area contributed by atoms with Gasteiger partial charge in [-0.1, -0.05) is 0 Å². The van der Waals surface area contributed by atoms with Gasteiger partial charge in [-0.2, -0.15) is 17.0 Å². The average Bonchev–Trinajstić information content (AvgIpc) is 2.69. The lowest BCUT2D eigenvalue weighted by atomic mass is 9.99. The lowest BCUT2D eigenvalue weighted by Gasteiger charge is -2.34. The van der Waals surface area contributed by atoms with Gasteiger partial charge in [-0.25, -0.2) is 0 Å². The van der Waals surface area contributed by atoms with Crippen molar-refractivity contribution in [2.24, 2.45) is 5.92 Å². The number of nitrogens with one attached hydrogen (secondary N) is 1. The molecular weight excluding hydrogens is 266 g/mol. The number of rotatable bonds is 4. The van der Waals surface area contributed by atoms with Gasteiger partial charge in [-0.15, -0.1) is 0 Å². The van der Waals surface area contributed by atoms with Crippen LogP contribution in [0, 0.1) is 5.92 Å². The van der Waals surface area contributed by atoms with Crippen LogP contribution in [0.25, 0.3) is 0 Å². The maximum absolute atomic E-state index is 12.6. The van der Waals surface area contributed by atoms with E-state index in [9.17, 15) is 8.42 Å². The van der Waals surface area contributed by atoms with Gasteiger partial charge in [0.15, 0.2) is 0 Å². The summed E-state index contributed by atoms with van der Waals surface area (Å²) in [6.07, 6.45) is 2.69. The van der Waals surface area contributed by atoms with Crippen molar-refractivity contribution in [1.82, 2.24) is 13.9 Å². The highest BCUT2D eigenvalue weighted by molar-refractivity contribution is 7.86. The molecule has 2 saturated heterocycles. The first-order valence-electron chi connectivity index (χ1n) is 7.09. The summed E-state index contributed by atoms with van der Waals surface area (Å²) in [4.78, 5) is 0. The molecule has 112 valence electrons. The second kappa shape index (κ2) is 6.99. The topological polar surface area (TPSA) is 61.9 Å². The molecule has 0 amide bonds. The number of nitrogens with zero attached hydrogens (tertiary/aromatic N) is 2. The van der Waals surface area contributed by atoms with E-state index in [0.29, 0.717) is 32.1 Å². The Hall–Kier alpha value is -0.210. The van der Waals surface area contributed by atoms with Crippen molar-refractivity contribution in [2.45, 2.75) is 19.3 Å². The molecule has 0 atom stereocenters. The van der Waals surface area contributed by atoms with Crippen LogP contribution >= 0.6 is 0 Å². The van der Waals surface area contributed by atoms with Gasteiger partial charge in [0.25, 0.3) is 10.2 Å². The molecule has 19 heavy (non-hydrogen) atoms. The maximum Gasteiger partial charge on any atom is 0.282 e. The minimum Gasteiger partial charge on any atom is -0.384 e. The van der Waals surface area contributed by atoms with Crippen LogP contribution in [0.4, 0.5) is 0 Å². The lowest BCUT2D eigenvalue weighted by molar-refractivity contribution is 0.119. The normalized spacial score (nSPS) is 25.3. The van der Waals surface area contributed by atoms with E-state index >= 15 is 0 Å². The molecule has 2 heterocycles. The third-order valence-electron chi connectivity index (χ3n) is 3.93.